The summed E-state index contributed by atoms with van der Waals surface area (Å²) in [6, 6.07) is 7.13. The molecule has 2 heterocycles. The molecule has 1 aliphatic rings. The van der Waals surface area contributed by atoms with Crippen LogP contribution in [0.4, 0.5) is 10.5 Å². The van der Waals surface area contributed by atoms with Crippen LogP contribution in [-0.2, 0) is 14.8 Å². The third-order valence-corrected chi connectivity index (χ3v) is 5.14. The number of carbonyl (C=O) groups is 1. The molecule has 1 aromatic carbocycles. The zero-order valence-electron chi connectivity index (χ0n) is 13.3. The Balaban J connectivity index is 1.51. The van der Waals surface area contributed by atoms with E-state index in [2.05, 4.69) is 15.6 Å². The number of sulfonamides is 1. The van der Waals surface area contributed by atoms with Crippen molar-refractivity contribution >= 4 is 32.6 Å². The Morgan fingerprint density at radius 3 is 3.04 bits per heavy atom. The fraction of sp³-hybridized carbons (Fsp3) is 0.400. The van der Waals surface area contributed by atoms with Crippen LogP contribution >= 0.6 is 0 Å². The van der Waals surface area contributed by atoms with Gasteiger partial charge in [-0.2, -0.15) is 4.31 Å². The number of amides is 2. The number of hydrogen-bond donors (Lipinski definition) is 3. The van der Waals surface area contributed by atoms with Crippen molar-refractivity contribution in [1.29, 1.82) is 0 Å². The Labute approximate surface area is 140 Å². The number of morpholine rings is 1. The first-order chi connectivity index (χ1) is 11.4. The van der Waals surface area contributed by atoms with Gasteiger partial charge in [0.15, 0.2) is 0 Å². The lowest BCUT2D eigenvalue weighted by Gasteiger charge is -2.31. The number of aromatic nitrogens is 1. The van der Waals surface area contributed by atoms with Gasteiger partial charge in [0.1, 0.15) is 0 Å². The van der Waals surface area contributed by atoms with Crippen molar-refractivity contribution < 1.29 is 17.9 Å². The predicted octanol–water partition coefficient (Wildman–Crippen LogP) is 0.950. The first kappa shape index (κ1) is 16.7. The van der Waals surface area contributed by atoms with E-state index < -0.39 is 10.0 Å². The average molecular weight is 352 g/mol. The van der Waals surface area contributed by atoms with E-state index >= 15 is 0 Å². The Morgan fingerprint density at radius 2 is 2.25 bits per heavy atom. The van der Waals surface area contributed by atoms with E-state index in [9.17, 15) is 13.2 Å². The van der Waals surface area contributed by atoms with Crippen molar-refractivity contribution in [2.45, 2.75) is 6.10 Å². The van der Waals surface area contributed by atoms with Gasteiger partial charge >= 0.3 is 6.03 Å². The molecule has 0 radical (unpaired) electrons. The number of nitrogens with zero attached hydrogens (tertiary/aromatic N) is 1. The van der Waals surface area contributed by atoms with Crippen LogP contribution in [-0.4, -0.2) is 62.3 Å². The summed E-state index contributed by atoms with van der Waals surface area (Å²) in [4.78, 5) is 15.1. The molecule has 1 aromatic heterocycles. The largest absolute Gasteiger partial charge is 0.374 e. The number of fused-ring (bicyclic) bond motifs is 1. The van der Waals surface area contributed by atoms with Crippen molar-refractivity contribution in [3.05, 3.63) is 30.5 Å². The summed E-state index contributed by atoms with van der Waals surface area (Å²) in [6.45, 7) is 1.15. The molecule has 1 saturated heterocycles. The molecule has 0 spiro atoms. The summed E-state index contributed by atoms with van der Waals surface area (Å²) < 4.78 is 30.0. The molecular weight excluding hydrogens is 332 g/mol. The first-order valence-corrected chi connectivity index (χ1v) is 9.45. The zero-order chi connectivity index (χ0) is 17.2. The molecule has 2 amide bonds. The van der Waals surface area contributed by atoms with Crippen LogP contribution in [0.15, 0.2) is 30.5 Å². The topological polar surface area (TPSA) is 104 Å². The quantitative estimate of drug-likeness (QED) is 0.762. The number of hydrogen-bond acceptors (Lipinski definition) is 4. The molecular formula is C15H20N4O4S. The van der Waals surface area contributed by atoms with Crippen LogP contribution in [0.3, 0.4) is 0 Å². The van der Waals surface area contributed by atoms with Crippen molar-refractivity contribution in [2.75, 3.05) is 37.8 Å². The highest BCUT2D eigenvalue weighted by atomic mass is 32.2. The van der Waals surface area contributed by atoms with Gasteiger partial charge in [0.2, 0.25) is 10.0 Å². The molecule has 0 saturated carbocycles. The van der Waals surface area contributed by atoms with Crippen LogP contribution in [0.25, 0.3) is 10.9 Å². The Kier molecular flexibility index (Phi) is 4.74. The van der Waals surface area contributed by atoms with Crippen LogP contribution < -0.4 is 10.6 Å². The normalized spacial score (nSPS) is 19.3. The minimum absolute atomic E-state index is 0.240. The van der Waals surface area contributed by atoms with Crippen LogP contribution in [0.1, 0.15) is 0 Å². The second-order valence-corrected chi connectivity index (χ2v) is 7.71. The summed E-state index contributed by atoms with van der Waals surface area (Å²) in [5, 5.41) is 6.47. The Bertz CT molecular complexity index is 833. The second kappa shape index (κ2) is 6.80. The number of anilines is 1. The van der Waals surface area contributed by atoms with Crippen molar-refractivity contribution in [3.8, 4) is 0 Å². The molecule has 2 aromatic rings. The minimum Gasteiger partial charge on any atom is -0.374 e. The summed E-state index contributed by atoms with van der Waals surface area (Å²) in [5.74, 6) is 0. The summed E-state index contributed by atoms with van der Waals surface area (Å²) in [5.41, 5.74) is 1.68. The van der Waals surface area contributed by atoms with Gasteiger partial charge < -0.3 is 20.4 Å². The minimum atomic E-state index is -3.24. The first-order valence-electron chi connectivity index (χ1n) is 7.60. The third-order valence-electron chi connectivity index (χ3n) is 3.87. The van der Waals surface area contributed by atoms with Gasteiger partial charge in [-0.05, 0) is 24.3 Å². The van der Waals surface area contributed by atoms with Gasteiger partial charge in [0.25, 0.3) is 0 Å². The standard InChI is InChI=1S/C15H20N4O4S/c1-24(21,22)19-6-7-23-13(10-19)9-17-15(20)18-12-2-3-14-11(8-12)4-5-16-14/h2-5,8,13,16H,6-7,9-10H2,1H3,(H2,17,18,20)/t13-/m0/s1. The SMILES string of the molecule is CS(=O)(=O)N1CCO[C@@H](CNC(=O)Nc2ccc3[nH]ccc3c2)C1. The molecule has 130 valence electrons. The smallest absolute Gasteiger partial charge is 0.319 e. The van der Waals surface area contributed by atoms with Crippen LogP contribution in [0.5, 0.6) is 0 Å². The van der Waals surface area contributed by atoms with E-state index in [1.54, 1.807) is 6.07 Å². The van der Waals surface area contributed by atoms with Crippen molar-refractivity contribution in [3.63, 3.8) is 0 Å². The van der Waals surface area contributed by atoms with Gasteiger partial charge in [-0.25, -0.2) is 13.2 Å². The summed E-state index contributed by atoms with van der Waals surface area (Å²) >= 11 is 0. The van der Waals surface area contributed by atoms with E-state index in [-0.39, 0.29) is 25.2 Å². The van der Waals surface area contributed by atoms with Crippen LogP contribution in [0.2, 0.25) is 0 Å². The Hall–Kier alpha value is -2.10. The molecule has 1 atom stereocenters. The lowest BCUT2D eigenvalue weighted by atomic mass is 10.2. The molecule has 0 aliphatic carbocycles. The number of ether oxygens (including phenoxy) is 1. The maximum atomic E-state index is 12.0. The van der Waals surface area contributed by atoms with Crippen molar-refractivity contribution in [1.82, 2.24) is 14.6 Å². The number of H-pyrrole nitrogens is 1. The number of aromatic amines is 1. The Morgan fingerprint density at radius 1 is 1.42 bits per heavy atom. The highest BCUT2D eigenvalue weighted by molar-refractivity contribution is 7.88. The molecule has 9 heteroatoms. The van der Waals surface area contributed by atoms with Gasteiger partial charge in [0.05, 0.1) is 19.0 Å². The van der Waals surface area contributed by atoms with E-state index in [1.807, 2.05) is 24.4 Å². The third kappa shape index (κ3) is 4.05. The number of nitrogens with one attached hydrogen (secondary N) is 3. The highest BCUT2D eigenvalue weighted by Crippen LogP contribution is 2.17. The zero-order valence-corrected chi connectivity index (χ0v) is 14.1. The second-order valence-electron chi connectivity index (χ2n) is 5.73. The van der Waals surface area contributed by atoms with Gasteiger partial charge in [-0.15, -0.1) is 0 Å². The number of carbonyl (C=O) groups excluding carboxylic acids is 1. The lowest BCUT2D eigenvalue weighted by molar-refractivity contribution is 0.00167. The fourth-order valence-electron chi connectivity index (χ4n) is 2.63. The summed E-state index contributed by atoms with van der Waals surface area (Å²) in [6.07, 6.45) is 2.65. The fourth-order valence-corrected chi connectivity index (χ4v) is 3.47. The number of rotatable bonds is 4. The molecule has 0 bridgehead atoms. The maximum absolute atomic E-state index is 12.0. The van der Waals surface area contributed by atoms with E-state index in [1.165, 1.54) is 10.6 Å². The molecule has 8 nitrogen and oxygen atoms in total. The molecule has 1 fully saturated rings. The van der Waals surface area contributed by atoms with Crippen LogP contribution in [0, 0.1) is 0 Å². The van der Waals surface area contributed by atoms with Gasteiger partial charge in [0, 0.05) is 42.4 Å². The maximum Gasteiger partial charge on any atom is 0.319 e. The van der Waals surface area contributed by atoms with Gasteiger partial charge in [-0.3, -0.25) is 0 Å². The molecule has 24 heavy (non-hydrogen) atoms. The monoisotopic (exact) mass is 352 g/mol. The van der Waals surface area contributed by atoms with Crippen molar-refractivity contribution in [2.24, 2.45) is 0 Å². The predicted molar refractivity (Wildman–Crippen MR) is 91.5 cm³/mol. The lowest BCUT2D eigenvalue weighted by Crippen LogP contribution is -2.49. The highest BCUT2D eigenvalue weighted by Gasteiger charge is 2.26. The summed E-state index contributed by atoms with van der Waals surface area (Å²) in [7, 11) is -3.24. The van der Waals surface area contributed by atoms with Gasteiger partial charge in [-0.1, -0.05) is 0 Å². The van der Waals surface area contributed by atoms with E-state index in [0.29, 0.717) is 18.8 Å². The number of benzene rings is 1. The number of urea groups is 1. The van der Waals surface area contributed by atoms with E-state index in [0.717, 1.165) is 10.9 Å². The molecule has 3 rings (SSSR count). The molecule has 0 unspecified atom stereocenters. The molecule has 3 N–H and O–H groups in total. The van der Waals surface area contributed by atoms with E-state index in [4.69, 9.17) is 4.74 Å². The molecule has 1 aliphatic heterocycles. The average Bonchev–Trinajstić information content (AvgIpc) is 3.00.